The van der Waals surface area contributed by atoms with Crippen LogP contribution in [-0.2, 0) is 28.0 Å². The molecule has 11 heteroatoms. The van der Waals surface area contributed by atoms with Crippen LogP contribution >= 0.6 is 0 Å². The molecule has 0 radical (unpaired) electrons. The van der Waals surface area contributed by atoms with E-state index < -0.39 is 56.8 Å². The topological polar surface area (TPSA) is 78.0 Å². The fourth-order valence-corrected chi connectivity index (χ4v) is 3.27. The minimum atomic E-state index is -4.92. The number of halogens is 5. The van der Waals surface area contributed by atoms with Gasteiger partial charge in [0.2, 0.25) is 10.0 Å². The van der Waals surface area contributed by atoms with Crippen LogP contribution in [0.2, 0.25) is 0 Å². The molecule has 2 atom stereocenters. The number of alkyl halides is 5. The van der Waals surface area contributed by atoms with Crippen molar-refractivity contribution in [1.82, 2.24) is 9.78 Å². The molecule has 0 saturated heterocycles. The minimum absolute atomic E-state index is 0.0514. The van der Waals surface area contributed by atoms with E-state index in [9.17, 15) is 30.4 Å². The van der Waals surface area contributed by atoms with Gasteiger partial charge in [-0.2, -0.15) is 27.1 Å². The van der Waals surface area contributed by atoms with E-state index in [1.165, 1.54) is 0 Å². The van der Waals surface area contributed by atoms with Crippen LogP contribution in [0.15, 0.2) is 0 Å². The molecule has 1 aromatic rings. The van der Waals surface area contributed by atoms with Crippen LogP contribution in [0.1, 0.15) is 29.3 Å². The fourth-order valence-electron chi connectivity index (χ4n) is 2.74. The van der Waals surface area contributed by atoms with Crippen LogP contribution in [0.5, 0.6) is 0 Å². The van der Waals surface area contributed by atoms with E-state index in [0.717, 1.165) is 0 Å². The molecule has 1 fully saturated rings. The normalized spacial score (nSPS) is 27.3. The first kappa shape index (κ1) is 13.7. The van der Waals surface area contributed by atoms with Crippen molar-refractivity contribution in [3.8, 4) is 0 Å². The summed E-state index contributed by atoms with van der Waals surface area (Å²) in [4.78, 5) is 0. The molecule has 1 aromatic heterocycles. The summed E-state index contributed by atoms with van der Waals surface area (Å²) in [6, 6.07) is 0. The fraction of sp³-hybridized carbons (Fsp3) is 0.667. The molecule has 5 nitrogen and oxygen atoms in total. The van der Waals surface area contributed by atoms with E-state index in [1.807, 2.05) is 0 Å². The smallest absolute Gasteiger partial charge is 0.246 e. The molecular formula is C9H8F5N3O2S. The van der Waals surface area contributed by atoms with Crippen molar-refractivity contribution in [2.24, 2.45) is 11.1 Å². The number of fused-ring (bicyclic) bond motifs is 3. The zero-order valence-corrected chi connectivity index (χ0v) is 10.5. The highest BCUT2D eigenvalue weighted by molar-refractivity contribution is 7.88. The number of primary sulfonamides is 1. The second-order valence-corrected chi connectivity index (χ2v) is 6.56. The third kappa shape index (κ3) is 1.83. The number of sulfonamides is 1. The van der Waals surface area contributed by atoms with Crippen molar-refractivity contribution in [2.75, 3.05) is 0 Å². The molecule has 2 aliphatic rings. The molecule has 2 N–H and O–H groups in total. The summed E-state index contributed by atoms with van der Waals surface area (Å²) in [5, 5.41) is 7.71. The molecule has 20 heavy (non-hydrogen) atoms. The Morgan fingerprint density at radius 2 is 2.00 bits per heavy atom. The summed E-state index contributed by atoms with van der Waals surface area (Å²) < 4.78 is 88.5. The van der Waals surface area contributed by atoms with Gasteiger partial charge in [-0.15, -0.1) is 0 Å². The second-order valence-electron chi connectivity index (χ2n) is 4.97. The summed E-state index contributed by atoms with van der Waals surface area (Å²) in [7, 11) is -4.28. The van der Waals surface area contributed by atoms with Gasteiger partial charge in [-0.05, 0) is 12.3 Å². The van der Waals surface area contributed by atoms with Gasteiger partial charge in [0.1, 0.15) is 5.69 Å². The lowest BCUT2D eigenvalue weighted by Crippen LogP contribution is -2.26. The van der Waals surface area contributed by atoms with Crippen LogP contribution < -0.4 is 5.14 Å². The predicted molar refractivity (Wildman–Crippen MR) is 55.1 cm³/mol. The van der Waals surface area contributed by atoms with Gasteiger partial charge in [-0.1, -0.05) is 0 Å². The lowest BCUT2D eigenvalue weighted by molar-refractivity contribution is -0.142. The Labute approximate surface area is 109 Å². The van der Waals surface area contributed by atoms with E-state index >= 15 is 0 Å². The van der Waals surface area contributed by atoms with E-state index in [2.05, 4.69) is 5.10 Å². The molecule has 1 saturated carbocycles. The van der Waals surface area contributed by atoms with Crippen LogP contribution in [0, 0.1) is 5.92 Å². The van der Waals surface area contributed by atoms with E-state index in [1.54, 1.807) is 0 Å². The molecule has 0 amide bonds. The monoisotopic (exact) mass is 317 g/mol. The van der Waals surface area contributed by atoms with Crippen LogP contribution in [-0.4, -0.2) is 18.2 Å². The van der Waals surface area contributed by atoms with Crippen molar-refractivity contribution in [3.05, 3.63) is 17.0 Å². The Kier molecular flexibility index (Phi) is 2.41. The minimum Gasteiger partial charge on any atom is -0.246 e. The van der Waals surface area contributed by atoms with E-state index in [0.29, 0.717) is 0 Å². The van der Waals surface area contributed by atoms with Gasteiger partial charge >= 0.3 is 6.18 Å². The largest absolute Gasteiger partial charge is 0.435 e. The molecule has 3 rings (SSSR count). The van der Waals surface area contributed by atoms with E-state index in [-0.39, 0.29) is 11.1 Å². The molecule has 0 spiro atoms. The Hall–Kier alpha value is -1.23. The maximum Gasteiger partial charge on any atom is 0.435 e. The number of nitrogens with zero attached hydrogens (tertiary/aromatic N) is 2. The predicted octanol–water partition coefficient (Wildman–Crippen LogP) is 1.36. The summed E-state index contributed by atoms with van der Waals surface area (Å²) in [6.45, 7) is 0. The molecule has 112 valence electrons. The molecular weight excluding hydrogens is 309 g/mol. The number of hydrogen-bond acceptors (Lipinski definition) is 3. The first-order valence-corrected chi connectivity index (χ1v) is 7.21. The van der Waals surface area contributed by atoms with Crippen molar-refractivity contribution in [3.63, 3.8) is 0 Å². The summed E-state index contributed by atoms with van der Waals surface area (Å²) in [5.41, 5.74) is -3.00. The number of hydrogen-bond donors (Lipinski definition) is 1. The molecule has 0 unspecified atom stereocenters. The summed E-state index contributed by atoms with van der Waals surface area (Å²) >= 11 is 0. The van der Waals surface area contributed by atoms with Gasteiger partial charge in [0.25, 0.3) is 5.92 Å². The highest BCUT2D eigenvalue weighted by atomic mass is 32.2. The highest BCUT2D eigenvalue weighted by Crippen LogP contribution is 2.68. The van der Waals surface area contributed by atoms with Gasteiger partial charge in [0.15, 0.2) is 11.6 Å². The second kappa shape index (κ2) is 3.50. The Balaban J connectivity index is 2.22. The molecule has 1 heterocycles. The van der Waals surface area contributed by atoms with Gasteiger partial charge in [-0.25, -0.2) is 18.2 Å². The van der Waals surface area contributed by atoms with Gasteiger partial charge < -0.3 is 0 Å². The number of rotatable bonds is 2. The average molecular weight is 317 g/mol. The van der Waals surface area contributed by atoms with E-state index in [4.69, 9.17) is 5.14 Å². The summed E-state index contributed by atoms with van der Waals surface area (Å²) in [5.74, 6) is -6.84. The number of aromatic nitrogens is 2. The third-order valence-electron chi connectivity index (χ3n) is 3.50. The standard InChI is InChI=1S/C9H8F5N3O2S/c10-8(11)4-1-3(4)5-6(9(12,13)14)16-17(7(5)8)2-20(15,18)19/h3-4H,1-2H2,(H2,15,18,19)/t3-,4+/m0/s1. The molecule has 0 aliphatic heterocycles. The van der Waals surface area contributed by atoms with Gasteiger partial charge in [0.05, 0.1) is 0 Å². The maximum absolute atomic E-state index is 13.9. The quantitative estimate of drug-likeness (QED) is 0.837. The first-order chi connectivity index (χ1) is 8.93. The Morgan fingerprint density at radius 1 is 1.40 bits per heavy atom. The summed E-state index contributed by atoms with van der Waals surface area (Å²) in [6.07, 6.45) is -4.97. The van der Waals surface area contributed by atoms with Crippen LogP contribution in [0.3, 0.4) is 0 Å². The van der Waals surface area contributed by atoms with Crippen LogP contribution in [0.4, 0.5) is 22.0 Å². The number of nitrogens with two attached hydrogens (primary N) is 1. The Bertz CT molecular complexity index is 693. The Morgan fingerprint density at radius 3 is 2.50 bits per heavy atom. The molecule has 0 aromatic carbocycles. The van der Waals surface area contributed by atoms with Crippen molar-refractivity contribution >= 4 is 10.0 Å². The zero-order valence-electron chi connectivity index (χ0n) is 9.66. The molecule has 2 aliphatic carbocycles. The van der Waals surface area contributed by atoms with Crippen molar-refractivity contribution < 1.29 is 30.4 Å². The lowest BCUT2D eigenvalue weighted by Gasteiger charge is -2.14. The zero-order chi connectivity index (χ0) is 15.1. The first-order valence-electron chi connectivity index (χ1n) is 5.49. The van der Waals surface area contributed by atoms with Crippen molar-refractivity contribution in [2.45, 2.75) is 30.3 Å². The van der Waals surface area contributed by atoms with Gasteiger partial charge in [-0.3, -0.25) is 0 Å². The van der Waals surface area contributed by atoms with Crippen LogP contribution in [0.25, 0.3) is 0 Å². The van der Waals surface area contributed by atoms with Crippen molar-refractivity contribution in [1.29, 1.82) is 0 Å². The third-order valence-corrected chi connectivity index (χ3v) is 4.11. The highest BCUT2D eigenvalue weighted by Gasteiger charge is 2.68. The maximum atomic E-state index is 13.9. The lowest BCUT2D eigenvalue weighted by atomic mass is 10.1. The van der Waals surface area contributed by atoms with Gasteiger partial charge in [0, 0.05) is 11.5 Å². The molecule has 0 bridgehead atoms. The average Bonchev–Trinajstić information content (AvgIpc) is 2.85. The SMILES string of the molecule is NS(=O)(=O)Cn1nc(C(F)(F)F)c2c1C(F)(F)[C@@H]1C[C@H]21.